The summed E-state index contributed by atoms with van der Waals surface area (Å²) in [4.78, 5) is 33.8. The number of hydrogen-bond acceptors (Lipinski definition) is 5. The van der Waals surface area contributed by atoms with Gasteiger partial charge in [0, 0.05) is 43.9 Å². The van der Waals surface area contributed by atoms with E-state index >= 15 is 0 Å². The van der Waals surface area contributed by atoms with E-state index < -0.39 is 15.6 Å². The number of hydrogen-bond donors (Lipinski definition) is 1. The summed E-state index contributed by atoms with van der Waals surface area (Å²) in [5.41, 5.74) is 4.04. The molecule has 2 saturated heterocycles. The molecule has 0 aromatic heterocycles. The van der Waals surface area contributed by atoms with Crippen LogP contribution >= 0.6 is 0 Å². The van der Waals surface area contributed by atoms with Crippen molar-refractivity contribution in [3.63, 3.8) is 0 Å². The second kappa shape index (κ2) is 11.9. The van der Waals surface area contributed by atoms with Crippen LogP contribution in [0.1, 0.15) is 56.1 Å². The quantitative estimate of drug-likeness (QED) is 0.522. The zero-order chi connectivity index (χ0) is 30.3. The van der Waals surface area contributed by atoms with Gasteiger partial charge in [-0.05, 0) is 80.1 Å². The number of aliphatic imine (C=N–C) groups is 1. The Labute approximate surface area is 260 Å². The van der Waals surface area contributed by atoms with Gasteiger partial charge in [0.15, 0.2) is 0 Å². The monoisotopic (exact) mass is 614 g/mol. The van der Waals surface area contributed by atoms with Crippen LogP contribution in [0.4, 0.5) is 0 Å². The van der Waals surface area contributed by atoms with E-state index in [1.165, 1.54) is 16.7 Å². The second-order valence-electron chi connectivity index (χ2n) is 13.2. The van der Waals surface area contributed by atoms with Gasteiger partial charge < -0.3 is 10.2 Å². The van der Waals surface area contributed by atoms with Gasteiger partial charge in [0.1, 0.15) is 11.4 Å². The number of aryl methyl sites for hydroxylation is 1. The largest absolute Gasteiger partial charge is 0.342 e. The van der Waals surface area contributed by atoms with E-state index in [-0.39, 0.29) is 42.5 Å². The van der Waals surface area contributed by atoms with E-state index in [4.69, 9.17) is 4.99 Å². The fourth-order valence-electron chi connectivity index (χ4n) is 7.96. The minimum absolute atomic E-state index is 0.000699. The van der Waals surface area contributed by atoms with Crippen molar-refractivity contribution in [1.29, 1.82) is 0 Å². The number of fused-ring (bicyclic) bond motifs is 2. The highest BCUT2D eigenvalue weighted by atomic mass is 32.2. The number of nitrogens with one attached hydrogen (secondary N) is 1. The number of amidine groups is 1. The molecule has 0 bridgehead atoms. The van der Waals surface area contributed by atoms with Crippen molar-refractivity contribution in [3.05, 3.63) is 83.0 Å². The fourth-order valence-corrected chi connectivity index (χ4v) is 9.44. The molecule has 3 atom stereocenters. The zero-order valence-electron chi connectivity index (χ0n) is 25.3. The smallest absolute Gasteiger partial charge is 0.253 e. The minimum atomic E-state index is -3.47. The highest BCUT2D eigenvalue weighted by Crippen LogP contribution is 2.36. The molecule has 0 saturated carbocycles. The summed E-state index contributed by atoms with van der Waals surface area (Å²) >= 11 is 0. The highest BCUT2D eigenvalue weighted by molar-refractivity contribution is 7.89. The molecule has 6 aliphatic rings. The van der Waals surface area contributed by atoms with Crippen LogP contribution in [-0.2, 0) is 32.5 Å². The molecule has 1 aromatic rings. The van der Waals surface area contributed by atoms with Crippen molar-refractivity contribution in [2.75, 3.05) is 31.9 Å². The van der Waals surface area contributed by atoms with Crippen LogP contribution in [0.15, 0.2) is 76.9 Å². The predicted octanol–water partition coefficient (Wildman–Crippen LogP) is 4.11. The average Bonchev–Trinajstić information content (AvgIpc) is 3.38. The number of carbonyl (C=O) groups is 2. The molecule has 1 spiro atoms. The number of benzene rings is 1. The minimum Gasteiger partial charge on any atom is -0.342 e. The van der Waals surface area contributed by atoms with Crippen LogP contribution in [0.2, 0.25) is 0 Å². The number of piperidine rings is 2. The molecule has 9 heteroatoms. The van der Waals surface area contributed by atoms with Gasteiger partial charge in [0.05, 0.1) is 5.75 Å². The molecule has 1 aromatic carbocycles. The average molecular weight is 615 g/mol. The molecule has 0 radical (unpaired) electrons. The lowest BCUT2D eigenvalue weighted by molar-refractivity contribution is -0.137. The van der Waals surface area contributed by atoms with Gasteiger partial charge >= 0.3 is 0 Å². The van der Waals surface area contributed by atoms with Gasteiger partial charge in [-0.15, -0.1) is 0 Å². The van der Waals surface area contributed by atoms with Crippen LogP contribution in [-0.4, -0.2) is 72.7 Å². The lowest BCUT2D eigenvalue weighted by atomic mass is 9.82. The summed E-state index contributed by atoms with van der Waals surface area (Å²) in [7, 11) is -3.47. The third-order valence-electron chi connectivity index (χ3n) is 10.6. The number of amides is 2. The molecule has 44 heavy (non-hydrogen) atoms. The second-order valence-corrected chi connectivity index (χ2v) is 15.3. The van der Waals surface area contributed by atoms with Crippen LogP contribution in [0.5, 0.6) is 0 Å². The summed E-state index contributed by atoms with van der Waals surface area (Å²) in [6.45, 7) is 1.90. The van der Waals surface area contributed by atoms with Crippen molar-refractivity contribution in [2.45, 2.75) is 63.3 Å². The summed E-state index contributed by atoms with van der Waals surface area (Å²) in [6.07, 6.45) is 19.1. The van der Waals surface area contributed by atoms with Crippen molar-refractivity contribution < 1.29 is 18.0 Å². The molecule has 3 heterocycles. The van der Waals surface area contributed by atoms with Crippen LogP contribution < -0.4 is 5.32 Å². The van der Waals surface area contributed by atoms with E-state index in [0.717, 1.165) is 50.6 Å². The number of rotatable bonds is 6. The van der Waals surface area contributed by atoms with Crippen molar-refractivity contribution in [3.8, 4) is 0 Å². The molecule has 8 nitrogen and oxygen atoms in total. The molecule has 2 unspecified atom stereocenters. The molecule has 3 aliphatic carbocycles. The Balaban J connectivity index is 0.965. The first-order chi connectivity index (χ1) is 21.3. The van der Waals surface area contributed by atoms with Crippen LogP contribution in [0, 0.1) is 17.8 Å². The first kappa shape index (κ1) is 29.4. The number of likely N-dealkylation sites (tertiary alicyclic amines) is 1. The zero-order valence-corrected chi connectivity index (χ0v) is 26.1. The Morgan fingerprint density at radius 3 is 2.70 bits per heavy atom. The van der Waals surface area contributed by atoms with Crippen molar-refractivity contribution in [2.24, 2.45) is 22.7 Å². The van der Waals surface area contributed by atoms with Gasteiger partial charge in [-0.1, -0.05) is 60.7 Å². The maximum atomic E-state index is 13.6. The lowest BCUT2D eigenvalue weighted by Crippen LogP contribution is -2.51. The third kappa shape index (κ3) is 5.65. The van der Waals surface area contributed by atoms with Crippen molar-refractivity contribution >= 4 is 27.7 Å². The predicted molar refractivity (Wildman–Crippen MR) is 171 cm³/mol. The van der Waals surface area contributed by atoms with E-state index in [1.807, 2.05) is 17.0 Å². The Kier molecular flexibility index (Phi) is 7.95. The van der Waals surface area contributed by atoms with Gasteiger partial charge in [-0.25, -0.2) is 12.7 Å². The molecular formula is C35H42N4O4S. The molecule has 2 amide bonds. The van der Waals surface area contributed by atoms with Gasteiger partial charge in [0.25, 0.3) is 5.91 Å². The maximum absolute atomic E-state index is 13.6. The summed E-state index contributed by atoms with van der Waals surface area (Å²) in [5.74, 6) is 1.17. The highest BCUT2D eigenvalue weighted by Gasteiger charge is 2.49. The lowest BCUT2D eigenvalue weighted by Gasteiger charge is -2.36. The molecule has 1 N–H and O–H groups in total. The number of sulfonamides is 1. The maximum Gasteiger partial charge on any atom is 0.253 e. The van der Waals surface area contributed by atoms with E-state index in [0.29, 0.717) is 37.6 Å². The van der Waals surface area contributed by atoms with Gasteiger partial charge in [-0.2, -0.15) is 0 Å². The summed E-state index contributed by atoms with van der Waals surface area (Å²) in [5, 5.41) is 3.06. The Morgan fingerprint density at radius 1 is 1.05 bits per heavy atom. The molecule has 2 fully saturated rings. The van der Waals surface area contributed by atoms with E-state index in [2.05, 4.69) is 53.9 Å². The van der Waals surface area contributed by atoms with E-state index in [9.17, 15) is 18.0 Å². The number of nitrogens with zero attached hydrogens (tertiary/aromatic N) is 3. The first-order valence-electron chi connectivity index (χ1n) is 16.3. The summed E-state index contributed by atoms with van der Waals surface area (Å²) in [6, 6.07) is 8.42. The van der Waals surface area contributed by atoms with Crippen LogP contribution in [0.25, 0.3) is 0 Å². The Bertz CT molecular complexity index is 1600. The van der Waals surface area contributed by atoms with Crippen molar-refractivity contribution in [1.82, 2.24) is 14.5 Å². The van der Waals surface area contributed by atoms with Crippen LogP contribution in [0.3, 0.4) is 0 Å². The molecule has 232 valence electrons. The number of allylic oxidation sites excluding steroid dienone is 8. The Hall–Kier alpha value is -3.30. The molecular weight excluding hydrogens is 572 g/mol. The van der Waals surface area contributed by atoms with Gasteiger partial charge in [-0.3, -0.25) is 14.6 Å². The topological polar surface area (TPSA) is 99.2 Å². The molecule has 3 aliphatic heterocycles. The fraction of sp³-hybridized carbons (Fsp3) is 0.514. The third-order valence-corrected chi connectivity index (χ3v) is 12.5. The standard InChI is InChI=1S/C35H42N4O4S/c40-33(29-15-14-25-7-1-2-9-28(25)23-29)38-19-6-12-30(24-38)32-36-34(41)35(37-32)17-20-39(21-18-35)44(42,43)22-16-27-11-5-10-26-8-3-4-13-31(26)27/h1-5,7-9,11,13,26,29-30H,6,10,12,14-24H2,(H,36,37,41)/t26-,29?,30?/m0/s1. The summed E-state index contributed by atoms with van der Waals surface area (Å²) < 4.78 is 28.3. The van der Waals surface area contributed by atoms with E-state index in [1.54, 1.807) is 4.31 Å². The Morgan fingerprint density at radius 2 is 1.86 bits per heavy atom. The first-order valence-corrected chi connectivity index (χ1v) is 17.9. The SMILES string of the molecule is O=C(C1CCc2ccccc2C1)N1CCCC(C2=NC3(CCN(S(=O)(=O)CCC4=C5C=CC=C[C@H]5CC=C4)CC3)C(=O)N2)C1. The molecule has 7 rings (SSSR count). The van der Waals surface area contributed by atoms with Gasteiger partial charge in [0.2, 0.25) is 15.9 Å². The number of carbonyl (C=O) groups excluding carboxylic acids is 2. The normalized spacial score (nSPS) is 28.1.